The van der Waals surface area contributed by atoms with Gasteiger partial charge in [-0.05, 0) is 30.9 Å². The van der Waals surface area contributed by atoms with Crippen LogP contribution in [0.3, 0.4) is 0 Å². The normalized spacial score (nSPS) is 19.3. The molecule has 1 amide bonds. The Morgan fingerprint density at radius 2 is 1.95 bits per heavy atom. The quantitative estimate of drug-likeness (QED) is 0.755. The molecule has 2 nitrogen and oxygen atoms in total. The Kier molecular flexibility index (Phi) is 3.83. The van der Waals surface area contributed by atoms with Crippen LogP contribution in [0.5, 0.6) is 0 Å². The fraction of sp³-hybridized carbons (Fsp3) is 0.500. The smallest absolute Gasteiger partial charge is 0.257 e. The number of rotatable bonds is 2. The lowest BCUT2D eigenvalue weighted by Gasteiger charge is -2.27. The summed E-state index contributed by atoms with van der Waals surface area (Å²) in [4.78, 5) is 13.8. The lowest BCUT2D eigenvalue weighted by molar-refractivity contribution is 0.0695. The summed E-state index contributed by atoms with van der Waals surface area (Å²) in [6.45, 7) is 4.50. The Morgan fingerprint density at radius 3 is 2.58 bits per heavy atom. The molecule has 1 saturated heterocycles. The van der Waals surface area contributed by atoms with Gasteiger partial charge in [0.15, 0.2) is 17.5 Å². The molecule has 19 heavy (non-hydrogen) atoms. The standard InChI is InChI=1S/C14H16F3NO/c1-8(2)11-4-3-7-18(11)14(19)9-5-6-10(15)13(17)12(9)16/h5-6,8,11H,3-4,7H2,1-2H3. The molecule has 1 aliphatic rings. The van der Waals surface area contributed by atoms with Gasteiger partial charge in [0.25, 0.3) is 5.91 Å². The lowest BCUT2D eigenvalue weighted by atomic mass is 10.0. The predicted octanol–water partition coefficient (Wildman–Crippen LogP) is 3.36. The number of hydrogen-bond donors (Lipinski definition) is 0. The molecule has 1 aromatic rings. The van der Waals surface area contributed by atoms with Crippen molar-refractivity contribution in [3.8, 4) is 0 Å². The summed E-state index contributed by atoms with van der Waals surface area (Å²) in [7, 11) is 0. The first-order chi connectivity index (χ1) is 8.93. The number of hydrogen-bond acceptors (Lipinski definition) is 1. The minimum Gasteiger partial charge on any atom is -0.335 e. The maximum Gasteiger partial charge on any atom is 0.257 e. The van der Waals surface area contributed by atoms with Gasteiger partial charge in [-0.15, -0.1) is 0 Å². The third-order valence-electron chi connectivity index (χ3n) is 3.60. The van der Waals surface area contributed by atoms with Crippen molar-refractivity contribution in [1.82, 2.24) is 4.90 Å². The summed E-state index contributed by atoms with van der Waals surface area (Å²) in [6.07, 6.45) is 1.70. The SMILES string of the molecule is CC(C)C1CCCN1C(=O)c1ccc(F)c(F)c1F. The molecule has 1 heterocycles. The van der Waals surface area contributed by atoms with Gasteiger partial charge in [-0.1, -0.05) is 13.8 Å². The molecule has 0 spiro atoms. The van der Waals surface area contributed by atoms with Gasteiger partial charge in [0, 0.05) is 12.6 Å². The van der Waals surface area contributed by atoms with E-state index in [4.69, 9.17) is 0 Å². The van der Waals surface area contributed by atoms with Gasteiger partial charge < -0.3 is 4.90 Å². The number of carbonyl (C=O) groups is 1. The van der Waals surface area contributed by atoms with E-state index in [0.29, 0.717) is 6.54 Å². The van der Waals surface area contributed by atoms with Crippen molar-refractivity contribution in [1.29, 1.82) is 0 Å². The summed E-state index contributed by atoms with van der Waals surface area (Å²) < 4.78 is 39.7. The molecule has 104 valence electrons. The maximum absolute atomic E-state index is 13.6. The van der Waals surface area contributed by atoms with E-state index in [1.807, 2.05) is 13.8 Å². The minimum absolute atomic E-state index is 0.0278. The largest absolute Gasteiger partial charge is 0.335 e. The summed E-state index contributed by atoms with van der Waals surface area (Å²) >= 11 is 0. The van der Waals surface area contributed by atoms with E-state index in [2.05, 4.69) is 0 Å². The Labute approximate surface area is 110 Å². The Hall–Kier alpha value is -1.52. The summed E-state index contributed by atoms with van der Waals surface area (Å²) in [5, 5.41) is 0. The average Bonchev–Trinajstić information content (AvgIpc) is 2.84. The van der Waals surface area contributed by atoms with Gasteiger partial charge in [-0.25, -0.2) is 13.2 Å². The average molecular weight is 271 g/mol. The highest BCUT2D eigenvalue weighted by atomic mass is 19.2. The number of likely N-dealkylation sites (tertiary alicyclic amines) is 1. The molecule has 0 N–H and O–H groups in total. The number of benzene rings is 1. The number of amides is 1. The second-order valence-electron chi connectivity index (χ2n) is 5.18. The third-order valence-corrected chi connectivity index (χ3v) is 3.60. The third kappa shape index (κ3) is 2.46. The Bertz CT molecular complexity index is 502. The highest BCUT2D eigenvalue weighted by Gasteiger charge is 2.33. The van der Waals surface area contributed by atoms with E-state index in [0.717, 1.165) is 25.0 Å². The van der Waals surface area contributed by atoms with Gasteiger partial charge >= 0.3 is 0 Å². The summed E-state index contributed by atoms with van der Waals surface area (Å²) in [5.41, 5.74) is -0.397. The van der Waals surface area contributed by atoms with Crippen LogP contribution in [0.2, 0.25) is 0 Å². The first-order valence-electron chi connectivity index (χ1n) is 6.38. The van der Waals surface area contributed by atoms with Crippen molar-refractivity contribution in [3.05, 3.63) is 35.1 Å². The maximum atomic E-state index is 13.6. The van der Waals surface area contributed by atoms with E-state index in [9.17, 15) is 18.0 Å². The number of nitrogens with zero attached hydrogens (tertiary/aromatic N) is 1. The number of halogens is 3. The van der Waals surface area contributed by atoms with Crippen molar-refractivity contribution in [2.75, 3.05) is 6.54 Å². The van der Waals surface area contributed by atoms with Crippen molar-refractivity contribution >= 4 is 5.91 Å². The molecule has 0 bridgehead atoms. The van der Waals surface area contributed by atoms with Gasteiger partial charge in [0.05, 0.1) is 5.56 Å². The molecule has 1 fully saturated rings. The molecule has 0 aliphatic carbocycles. The van der Waals surface area contributed by atoms with Gasteiger partial charge in [0.2, 0.25) is 0 Å². The van der Waals surface area contributed by atoms with E-state index in [1.54, 1.807) is 4.90 Å². The van der Waals surface area contributed by atoms with Gasteiger partial charge in [-0.2, -0.15) is 0 Å². The molecule has 0 saturated carbocycles. The van der Waals surface area contributed by atoms with Crippen LogP contribution in [0.25, 0.3) is 0 Å². The first-order valence-corrected chi connectivity index (χ1v) is 6.38. The second kappa shape index (κ2) is 5.23. The number of carbonyl (C=O) groups excluding carboxylic acids is 1. The van der Waals surface area contributed by atoms with Crippen molar-refractivity contribution < 1.29 is 18.0 Å². The molecule has 2 rings (SSSR count). The zero-order chi connectivity index (χ0) is 14.2. The van der Waals surface area contributed by atoms with Crippen molar-refractivity contribution in [3.63, 3.8) is 0 Å². The fourth-order valence-electron chi connectivity index (χ4n) is 2.58. The molecular weight excluding hydrogens is 255 g/mol. The second-order valence-corrected chi connectivity index (χ2v) is 5.18. The zero-order valence-corrected chi connectivity index (χ0v) is 10.9. The fourth-order valence-corrected chi connectivity index (χ4v) is 2.58. The lowest BCUT2D eigenvalue weighted by Crippen LogP contribution is -2.39. The molecule has 1 aromatic carbocycles. The van der Waals surface area contributed by atoms with Crippen LogP contribution in [0.15, 0.2) is 12.1 Å². The van der Waals surface area contributed by atoms with Crippen molar-refractivity contribution in [2.24, 2.45) is 5.92 Å². The van der Waals surface area contributed by atoms with Crippen LogP contribution < -0.4 is 0 Å². The van der Waals surface area contributed by atoms with Crippen LogP contribution in [-0.4, -0.2) is 23.4 Å². The molecule has 1 atom stereocenters. The van der Waals surface area contributed by atoms with E-state index in [1.165, 1.54) is 0 Å². The molecular formula is C14H16F3NO. The van der Waals surface area contributed by atoms with Crippen LogP contribution >= 0.6 is 0 Å². The van der Waals surface area contributed by atoms with Crippen LogP contribution in [-0.2, 0) is 0 Å². The first kappa shape index (κ1) is 13.9. The van der Waals surface area contributed by atoms with Gasteiger partial charge in [0.1, 0.15) is 0 Å². The Balaban J connectivity index is 2.32. The summed E-state index contributed by atoms with van der Waals surface area (Å²) in [5.74, 6) is -4.59. The van der Waals surface area contributed by atoms with E-state index in [-0.39, 0.29) is 12.0 Å². The van der Waals surface area contributed by atoms with Crippen LogP contribution in [0.1, 0.15) is 37.0 Å². The summed E-state index contributed by atoms with van der Waals surface area (Å²) in [6, 6.07) is 1.82. The predicted molar refractivity (Wildman–Crippen MR) is 65.2 cm³/mol. The molecule has 1 aliphatic heterocycles. The van der Waals surface area contributed by atoms with Gasteiger partial charge in [-0.3, -0.25) is 4.79 Å². The monoisotopic (exact) mass is 271 g/mol. The Morgan fingerprint density at radius 1 is 1.26 bits per heavy atom. The topological polar surface area (TPSA) is 20.3 Å². The highest BCUT2D eigenvalue weighted by Crippen LogP contribution is 2.27. The minimum atomic E-state index is -1.59. The highest BCUT2D eigenvalue weighted by molar-refractivity contribution is 5.95. The van der Waals surface area contributed by atoms with E-state index < -0.39 is 28.9 Å². The molecule has 0 aromatic heterocycles. The van der Waals surface area contributed by atoms with Crippen LogP contribution in [0.4, 0.5) is 13.2 Å². The van der Waals surface area contributed by atoms with E-state index >= 15 is 0 Å². The van der Waals surface area contributed by atoms with Crippen molar-refractivity contribution in [2.45, 2.75) is 32.7 Å². The molecule has 1 unspecified atom stereocenters. The van der Waals surface area contributed by atoms with Crippen LogP contribution in [0, 0.1) is 23.4 Å². The zero-order valence-electron chi connectivity index (χ0n) is 10.9. The molecule has 5 heteroatoms. The molecule has 0 radical (unpaired) electrons.